The van der Waals surface area contributed by atoms with Gasteiger partial charge in [0, 0.05) is 44.9 Å². The van der Waals surface area contributed by atoms with Gasteiger partial charge in [-0.1, -0.05) is 12.1 Å². The molecule has 21 heavy (non-hydrogen) atoms. The molecule has 1 heterocycles. The van der Waals surface area contributed by atoms with Gasteiger partial charge in [-0.25, -0.2) is 0 Å². The number of piperazine rings is 1. The van der Waals surface area contributed by atoms with Gasteiger partial charge >= 0.3 is 0 Å². The van der Waals surface area contributed by atoms with Gasteiger partial charge in [-0.05, 0) is 12.6 Å². The van der Waals surface area contributed by atoms with E-state index in [-0.39, 0.29) is 18.1 Å². The molecule has 0 spiro atoms. The monoisotopic (exact) mass is 292 g/mol. The molecule has 1 aromatic carbocycles. The van der Waals surface area contributed by atoms with Gasteiger partial charge in [0.05, 0.1) is 11.5 Å². The lowest BCUT2D eigenvalue weighted by Crippen LogP contribution is -2.49. The first-order valence-corrected chi connectivity index (χ1v) is 6.96. The summed E-state index contributed by atoms with van der Waals surface area (Å²) in [6.07, 6.45) is 0. The molecule has 1 saturated heterocycles. The Hall–Kier alpha value is -1.99. The summed E-state index contributed by atoms with van der Waals surface area (Å²) in [5, 5.41) is 13.7. The number of carbonyl (C=O) groups excluding carboxylic acids is 1. The molecule has 0 aliphatic carbocycles. The summed E-state index contributed by atoms with van der Waals surface area (Å²) in [5.74, 6) is 0.0773. The van der Waals surface area contributed by atoms with Crippen molar-refractivity contribution in [2.24, 2.45) is 0 Å². The number of nitrogens with one attached hydrogen (secondary N) is 1. The van der Waals surface area contributed by atoms with Gasteiger partial charge in [-0.3, -0.25) is 14.9 Å². The molecule has 0 atom stereocenters. The maximum atomic E-state index is 12.0. The number of rotatable bonds is 5. The maximum Gasteiger partial charge on any atom is 0.269 e. The highest BCUT2D eigenvalue weighted by atomic mass is 16.6. The Labute approximate surface area is 123 Å². The number of non-ortho nitro benzene ring substituents is 1. The molecule has 7 nitrogen and oxygen atoms in total. The summed E-state index contributed by atoms with van der Waals surface area (Å²) in [6, 6.07) is 6.43. The van der Waals surface area contributed by atoms with Crippen LogP contribution in [-0.2, 0) is 11.3 Å². The minimum absolute atomic E-state index is 0.0692. The molecule has 114 valence electrons. The highest BCUT2D eigenvalue weighted by Gasteiger charge is 2.18. The molecular formula is C14H20N4O3. The molecule has 0 unspecified atom stereocenters. The first-order valence-electron chi connectivity index (χ1n) is 6.96. The molecule has 1 amide bonds. The number of hydrogen-bond donors (Lipinski definition) is 1. The minimum atomic E-state index is -0.418. The van der Waals surface area contributed by atoms with Crippen LogP contribution in [0.25, 0.3) is 0 Å². The van der Waals surface area contributed by atoms with Crippen LogP contribution >= 0.6 is 0 Å². The zero-order valence-corrected chi connectivity index (χ0v) is 12.1. The molecule has 2 rings (SSSR count). The molecule has 7 heteroatoms. The Balaban J connectivity index is 1.77. The quantitative estimate of drug-likeness (QED) is 0.630. The summed E-state index contributed by atoms with van der Waals surface area (Å²) in [6.45, 7) is 4.02. The third-order valence-corrected chi connectivity index (χ3v) is 3.58. The van der Waals surface area contributed by atoms with Crippen LogP contribution < -0.4 is 5.32 Å². The van der Waals surface area contributed by atoms with E-state index in [4.69, 9.17) is 0 Å². The van der Waals surface area contributed by atoms with Crippen molar-refractivity contribution in [1.29, 1.82) is 0 Å². The third-order valence-electron chi connectivity index (χ3n) is 3.58. The van der Waals surface area contributed by atoms with Crippen LogP contribution in [0.1, 0.15) is 5.56 Å². The lowest BCUT2D eigenvalue weighted by Gasteiger charge is -2.32. The number of nitro groups is 1. The van der Waals surface area contributed by atoms with E-state index >= 15 is 0 Å². The van der Waals surface area contributed by atoms with Crippen LogP contribution in [0, 0.1) is 10.1 Å². The summed E-state index contributed by atoms with van der Waals surface area (Å²) in [5.41, 5.74) is 0.870. The largest absolute Gasteiger partial charge is 0.339 e. The minimum Gasteiger partial charge on any atom is -0.339 e. The van der Waals surface area contributed by atoms with Crippen molar-refractivity contribution in [1.82, 2.24) is 15.1 Å². The van der Waals surface area contributed by atoms with E-state index in [1.807, 2.05) is 11.9 Å². The fourth-order valence-corrected chi connectivity index (χ4v) is 2.26. The van der Waals surface area contributed by atoms with Gasteiger partial charge in [0.1, 0.15) is 0 Å². The van der Waals surface area contributed by atoms with Crippen molar-refractivity contribution >= 4 is 11.6 Å². The predicted octanol–water partition coefficient (Wildman–Crippen LogP) is 0.458. The maximum absolute atomic E-state index is 12.0. The van der Waals surface area contributed by atoms with Gasteiger partial charge in [-0.2, -0.15) is 0 Å². The molecule has 1 aliphatic rings. The molecule has 1 aliphatic heterocycles. The van der Waals surface area contributed by atoms with Crippen LogP contribution in [0.2, 0.25) is 0 Å². The fourth-order valence-electron chi connectivity index (χ4n) is 2.26. The van der Waals surface area contributed by atoms with Crippen LogP contribution in [-0.4, -0.2) is 60.4 Å². The lowest BCUT2D eigenvalue weighted by atomic mass is 10.2. The number of hydrogen-bond acceptors (Lipinski definition) is 5. The van der Waals surface area contributed by atoms with E-state index in [2.05, 4.69) is 10.2 Å². The second-order valence-electron chi connectivity index (χ2n) is 5.21. The first kappa shape index (κ1) is 15.4. The van der Waals surface area contributed by atoms with E-state index in [1.165, 1.54) is 12.1 Å². The summed E-state index contributed by atoms with van der Waals surface area (Å²) < 4.78 is 0. The van der Waals surface area contributed by atoms with Crippen molar-refractivity contribution in [2.75, 3.05) is 39.8 Å². The summed E-state index contributed by atoms with van der Waals surface area (Å²) in [7, 11) is 2.04. The van der Waals surface area contributed by atoms with Crippen molar-refractivity contribution in [3.63, 3.8) is 0 Å². The molecule has 0 bridgehead atoms. The number of nitro benzene ring substituents is 1. The molecule has 1 N–H and O–H groups in total. The van der Waals surface area contributed by atoms with Crippen LogP contribution in [0.5, 0.6) is 0 Å². The highest BCUT2D eigenvalue weighted by molar-refractivity contribution is 5.78. The number of amides is 1. The molecule has 0 aromatic heterocycles. The van der Waals surface area contributed by atoms with Crippen LogP contribution in [0.3, 0.4) is 0 Å². The van der Waals surface area contributed by atoms with E-state index in [0.29, 0.717) is 6.54 Å². The molecule has 0 radical (unpaired) electrons. The number of likely N-dealkylation sites (N-methyl/N-ethyl adjacent to an activating group) is 1. The highest BCUT2D eigenvalue weighted by Crippen LogP contribution is 2.12. The topological polar surface area (TPSA) is 78.7 Å². The number of carbonyl (C=O) groups is 1. The van der Waals surface area contributed by atoms with E-state index in [1.54, 1.807) is 12.1 Å². The zero-order chi connectivity index (χ0) is 15.2. The van der Waals surface area contributed by atoms with Gasteiger partial charge in [0.25, 0.3) is 5.69 Å². The normalized spacial score (nSPS) is 16.0. The van der Waals surface area contributed by atoms with E-state index < -0.39 is 4.92 Å². The number of benzene rings is 1. The zero-order valence-electron chi connectivity index (χ0n) is 12.1. The molecular weight excluding hydrogens is 272 g/mol. The SMILES string of the molecule is CN1CCN(C(=O)CNCc2cccc([N+](=O)[O-])c2)CC1. The Morgan fingerprint density at radius 3 is 2.71 bits per heavy atom. The third kappa shape index (κ3) is 4.51. The molecule has 1 aromatic rings. The van der Waals surface area contributed by atoms with E-state index in [9.17, 15) is 14.9 Å². The van der Waals surface area contributed by atoms with Gasteiger partial charge in [-0.15, -0.1) is 0 Å². The molecule has 0 saturated carbocycles. The summed E-state index contributed by atoms with van der Waals surface area (Å²) in [4.78, 5) is 26.3. The average Bonchev–Trinajstić information content (AvgIpc) is 2.48. The van der Waals surface area contributed by atoms with Crippen molar-refractivity contribution < 1.29 is 9.72 Å². The van der Waals surface area contributed by atoms with Gasteiger partial charge in [0.15, 0.2) is 0 Å². The van der Waals surface area contributed by atoms with Crippen LogP contribution in [0.15, 0.2) is 24.3 Å². The summed E-state index contributed by atoms with van der Waals surface area (Å²) >= 11 is 0. The first-order chi connectivity index (χ1) is 10.1. The standard InChI is InChI=1S/C14H20N4O3/c1-16-5-7-17(8-6-16)14(19)11-15-10-12-3-2-4-13(9-12)18(20)21/h2-4,9,15H,5-8,10-11H2,1H3. The fraction of sp³-hybridized carbons (Fsp3) is 0.500. The van der Waals surface area contributed by atoms with Gasteiger partial charge in [0.2, 0.25) is 5.91 Å². The Bertz CT molecular complexity index is 513. The van der Waals surface area contributed by atoms with Gasteiger partial charge < -0.3 is 15.1 Å². The average molecular weight is 292 g/mol. The van der Waals surface area contributed by atoms with Crippen LogP contribution in [0.4, 0.5) is 5.69 Å². The second kappa shape index (κ2) is 7.14. The number of nitrogens with zero attached hydrogens (tertiary/aromatic N) is 3. The predicted molar refractivity (Wildman–Crippen MR) is 78.9 cm³/mol. The van der Waals surface area contributed by atoms with Crippen molar-refractivity contribution in [3.8, 4) is 0 Å². The lowest BCUT2D eigenvalue weighted by molar-refractivity contribution is -0.384. The second-order valence-corrected chi connectivity index (χ2v) is 5.21. The van der Waals surface area contributed by atoms with E-state index in [0.717, 1.165) is 31.7 Å². The van der Waals surface area contributed by atoms with Crippen molar-refractivity contribution in [3.05, 3.63) is 39.9 Å². The Morgan fingerprint density at radius 1 is 1.33 bits per heavy atom. The smallest absolute Gasteiger partial charge is 0.269 e. The Morgan fingerprint density at radius 2 is 2.05 bits per heavy atom. The Kier molecular flexibility index (Phi) is 5.24. The molecule has 1 fully saturated rings. The van der Waals surface area contributed by atoms with Crippen molar-refractivity contribution in [2.45, 2.75) is 6.54 Å².